The molecule has 0 N–H and O–H groups in total. The van der Waals surface area contributed by atoms with Crippen LogP contribution in [-0.4, -0.2) is 37.7 Å². The van der Waals surface area contributed by atoms with Crippen molar-refractivity contribution in [2.24, 2.45) is 0 Å². The van der Waals surface area contributed by atoms with Crippen LogP contribution in [0.15, 0.2) is 66.7 Å². The molecule has 166 valence electrons. The van der Waals surface area contributed by atoms with E-state index < -0.39 is 6.10 Å². The molecule has 0 radical (unpaired) electrons. The van der Waals surface area contributed by atoms with Crippen molar-refractivity contribution < 1.29 is 19.0 Å². The molecular formula is C26H26ClNO4. The Balaban J connectivity index is 1.56. The van der Waals surface area contributed by atoms with E-state index in [4.69, 9.17) is 25.8 Å². The Hall–Kier alpha value is -3.18. The molecule has 0 bridgehead atoms. The summed E-state index contributed by atoms with van der Waals surface area (Å²) in [6.45, 7) is 2.51. The molecule has 1 aliphatic rings. The summed E-state index contributed by atoms with van der Waals surface area (Å²) in [5.41, 5.74) is 2.93. The Morgan fingerprint density at radius 1 is 0.906 bits per heavy atom. The number of carbonyl (C=O) groups excluding carboxylic acids is 1. The normalized spacial score (nSPS) is 17.6. The minimum Gasteiger partial charge on any atom is -0.493 e. The lowest BCUT2D eigenvalue weighted by atomic mass is 9.89. The van der Waals surface area contributed by atoms with Gasteiger partial charge in [0.15, 0.2) is 11.5 Å². The highest BCUT2D eigenvalue weighted by Crippen LogP contribution is 2.41. The summed E-state index contributed by atoms with van der Waals surface area (Å²) in [5, 5.41) is 0.625. The highest BCUT2D eigenvalue weighted by Gasteiger charge is 2.50. The van der Waals surface area contributed by atoms with Crippen molar-refractivity contribution in [2.75, 3.05) is 20.8 Å². The van der Waals surface area contributed by atoms with Crippen LogP contribution >= 0.6 is 11.6 Å². The molecule has 3 aromatic rings. The summed E-state index contributed by atoms with van der Waals surface area (Å²) in [7, 11) is 3.22. The van der Waals surface area contributed by atoms with Crippen molar-refractivity contribution in [1.82, 2.24) is 4.90 Å². The van der Waals surface area contributed by atoms with Gasteiger partial charge in [-0.05, 0) is 54.3 Å². The predicted molar refractivity (Wildman–Crippen MR) is 125 cm³/mol. The topological polar surface area (TPSA) is 48.0 Å². The molecule has 0 saturated carbocycles. The molecule has 0 aliphatic carbocycles. The summed E-state index contributed by atoms with van der Waals surface area (Å²) in [6, 6.07) is 20.9. The third-order valence-corrected chi connectivity index (χ3v) is 6.15. The fourth-order valence-corrected chi connectivity index (χ4v) is 4.29. The van der Waals surface area contributed by atoms with E-state index in [2.05, 4.69) is 0 Å². The molecule has 0 unspecified atom stereocenters. The number of methoxy groups -OCH3 is 2. The number of hydrogen-bond donors (Lipinski definition) is 0. The molecule has 4 rings (SSSR count). The summed E-state index contributed by atoms with van der Waals surface area (Å²) in [6.07, 6.45) is 0.0610. The number of aryl methyl sites for hydroxylation is 1. The number of benzene rings is 3. The number of likely N-dealkylation sites (tertiary alicyclic amines) is 1. The van der Waals surface area contributed by atoms with Crippen LogP contribution in [0.5, 0.6) is 17.2 Å². The van der Waals surface area contributed by atoms with Crippen LogP contribution in [-0.2, 0) is 11.2 Å². The van der Waals surface area contributed by atoms with Gasteiger partial charge in [-0.2, -0.15) is 0 Å². The number of β-lactam (4-membered cyclic amide) rings is 1. The van der Waals surface area contributed by atoms with Gasteiger partial charge in [-0.1, -0.05) is 54.1 Å². The second-order valence-corrected chi connectivity index (χ2v) is 8.15. The lowest BCUT2D eigenvalue weighted by Crippen LogP contribution is -2.61. The van der Waals surface area contributed by atoms with Gasteiger partial charge in [0.05, 0.1) is 14.2 Å². The maximum absolute atomic E-state index is 13.1. The van der Waals surface area contributed by atoms with Gasteiger partial charge in [-0.3, -0.25) is 4.79 Å². The Kier molecular flexibility index (Phi) is 6.56. The molecule has 1 saturated heterocycles. The standard InChI is InChI=1S/C26H26ClNO4/c1-17-8-4-7-11-21(17)32-25-24(19-9-5-6-10-20(19)27)28(26(25)29)15-14-18-12-13-22(30-2)23(16-18)31-3/h4-13,16,24-25H,14-15H2,1-3H3/t24-,25-/m0/s1. The molecule has 1 amide bonds. The van der Waals surface area contributed by atoms with Crippen molar-refractivity contribution in [2.45, 2.75) is 25.5 Å². The monoisotopic (exact) mass is 451 g/mol. The maximum atomic E-state index is 13.1. The second kappa shape index (κ2) is 9.53. The maximum Gasteiger partial charge on any atom is 0.266 e. The van der Waals surface area contributed by atoms with E-state index >= 15 is 0 Å². The lowest BCUT2D eigenvalue weighted by Gasteiger charge is -2.47. The Bertz CT molecular complexity index is 1120. The van der Waals surface area contributed by atoms with E-state index in [9.17, 15) is 4.79 Å². The first-order chi connectivity index (χ1) is 15.5. The number of amides is 1. The van der Waals surface area contributed by atoms with Crippen LogP contribution in [0.1, 0.15) is 22.7 Å². The lowest BCUT2D eigenvalue weighted by molar-refractivity contribution is -0.164. The van der Waals surface area contributed by atoms with Crippen molar-refractivity contribution in [3.8, 4) is 17.2 Å². The van der Waals surface area contributed by atoms with Gasteiger partial charge in [-0.15, -0.1) is 0 Å². The molecule has 1 heterocycles. The number of halogens is 1. The number of ether oxygens (including phenoxy) is 3. The average molecular weight is 452 g/mol. The van der Waals surface area contributed by atoms with Gasteiger partial charge in [0.2, 0.25) is 6.10 Å². The summed E-state index contributed by atoms with van der Waals surface area (Å²) >= 11 is 6.51. The van der Waals surface area contributed by atoms with Gasteiger partial charge in [0, 0.05) is 11.6 Å². The van der Waals surface area contributed by atoms with Crippen molar-refractivity contribution in [3.63, 3.8) is 0 Å². The van der Waals surface area contributed by atoms with Crippen LogP contribution in [0.4, 0.5) is 0 Å². The van der Waals surface area contributed by atoms with E-state index in [0.717, 1.165) is 16.7 Å². The van der Waals surface area contributed by atoms with Gasteiger partial charge in [0.25, 0.3) is 5.91 Å². The van der Waals surface area contributed by atoms with E-state index in [1.807, 2.05) is 78.6 Å². The number of nitrogens with zero attached hydrogens (tertiary/aromatic N) is 1. The number of hydrogen-bond acceptors (Lipinski definition) is 4. The quantitative estimate of drug-likeness (QED) is 0.439. The minimum absolute atomic E-state index is 0.0429. The molecule has 5 nitrogen and oxygen atoms in total. The highest BCUT2D eigenvalue weighted by atomic mass is 35.5. The van der Waals surface area contributed by atoms with Crippen molar-refractivity contribution in [3.05, 3.63) is 88.4 Å². The van der Waals surface area contributed by atoms with Gasteiger partial charge >= 0.3 is 0 Å². The summed E-state index contributed by atoms with van der Waals surface area (Å²) in [4.78, 5) is 15.0. The zero-order chi connectivity index (χ0) is 22.7. The second-order valence-electron chi connectivity index (χ2n) is 7.74. The van der Waals surface area contributed by atoms with Crippen LogP contribution in [0.3, 0.4) is 0 Å². The summed E-state index contributed by atoms with van der Waals surface area (Å²) < 4.78 is 16.9. The molecule has 32 heavy (non-hydrogen) atoms. The molecule has 2 atom stereocenters. The van der Waals surface area contributed by atoms with Gasteiger partial charge < -0.3 is 19.1 Å². The van der Waals surface area contributed by atoms with E-state index in [-0.39, 0.29) is 11.9 Å². The number of carbonyl (C=O) groups is 1. The minimum atomic E-state index is -0.610. The molecule has 0 aromatic heterocycles. The fourth-order valence-electron chi connectivity index (χ4n) is 4.04. The highest BCUT2D eigenvalue weighted by molar-refractivity contribution is 6.31. The van der Waals surface area contributed by atoms with Crippen LogP contribution in [0.25, 0.3) is 0 Å². The third-order valence-electron chi connectivity index (χ3n) is 5.81. The SMILES string of the molecule is COc1ccc(CCN2C(=O)[C@@H](Oc3ccccc3C)[C@@H]2c2ccccc2Cl)cc1OC. The zero-order valence-electron chi connectivity index (χ0n) is 18.4. The molecule has 6 heteroatoms. The smallest absolute Gasteiger partial charge is 0.266 e. The molecule has 1 aliphatic heterocycles. The molecular weight excluding hydrogens is 426 g/mol. The predicted octanol–water partition coefficient (Wildman–Crippen LogP) is 5.24. The summed E-state index contributed by atoms with van der Waals surface area (Å²) in [5.74, 6) is 2.02. The largest absolute Gasteiger partial charge is 0.493 e. The van der Waals surface area contributed by atoms with Crippen LogP contribution in [0.2, 0.25) is 5.02 Å². The molecule has 1 fully saturated rings. The van der Waals surface area contributed by atoms with Gasteiger partial charge in [0.1, 0.15) is 11.8 Å². The Morgan fingerprint density at radius 2 is 1.62 bits per heavy atom. The van der Waals surface area contributed by atoms with Crippen molar-refractivity contribution >= 4 is 17.5 Å². The van der Waals surface area contributed by atoms with E-state index in [1.165, 1.54) is 0 Å². The fraction of sp³-hybridized carbons (Fsp3) is 0.269. The van der Waals surface area contributed by atoms with Gasteiger partial charge in [-0.25, -0.2) is 0 Å². The van der Waals surface area contributed by atoms with Crippen molar-refractivity contribution in [1.29, 1.82) is 0 Å². The Labute approximate surface area is 193 Å². The zero-order valence-corrected chi connectivity index (χ0v) is 19.1. The Morgan fingerprint density at radius 3 is 2.34 bits per heavy atom. The van der Waals surface area contributed by atoms with Crippen LogP contribution in [0, 0.1) is 6.92 Å². The number of para-hydroxylation sites is 1. The molecule has 0 spiro atoms. The first-order valence-electron chi connectivity index (χ1n) is 10.5. The van der Waals surface area contributed by atoms with Crippen LogP contribution < -0.4 is 14.2 Å². The van der Waals surface area contributed by atoms with E-state index in [0.29, 0.717) is 35.2 Å². The average Bonchev–Trinajstić information content (AvgIpc) is 2.81. The van der Waals surface area contributed by atoms with E-state index in [1.54, 1.807) is 14.2 Å². The molecule has 3 aromatic carbocycles. The third kappa shape index (κ3) is 4.26. The first kappa shape index (κ1) is 22.0. The first-order valence-corrected chi connectivity index (χ1v) is 10.9. The number of rotatable bonds is 8.